The van der Waals surface area contributed by atoms with Crippen molar-refractivity contribution in [1.82, 2.24) is 0 Å². The van der Waals surface area contributed by atoms with Crippen molar-refractivity contribution in [2.75, 3.05) is 17.6 Å². The number of fused-ring (bicyclic) bond motifs is 2. The molecule has 3 N–H and O–H groups in total. The molecule has 18 heavy (non-hydrogen) atoms. The van der Waals surface area contributed by atoms with E-state index in [-0.39, 0.29) is 5.02 Å². The molecule has 2 fully saturated rings. The van der Waals surface area contributed by atoms with Gasteiger partial charge in [0.05, 0.1) is 28.6 Å². The summed E-state index contributed by atoms with van der Waals surface area (Å²) >= 11 is 5.66. The summed E-state index contributed by atoms with van der Waals surface area (Å²) in [6.07, 6.45) is 4.20. The van der Waals surface area contributed by atoms with Gasteiger partial charge in [0.25, 0.3) is 0 Å². The molecule has 0 saturated carbocycles. The Bertz CT molecular complexity index is 469. The molecule has 3 unspecified atom stereocenters. The van der Waals surface area contributed by atoms with Crippen molar-refractivity contribution < 1.29 is 9.13 Å². The van der Waals surface area contributed by atoms with E-state index in [9.17, 15) is 4.39 Å². The third-order valence-corrected chi connectivity index (χ3v) is 4.17. The minimum atomic E-state index is -0.447. The fraction of sp³-hybridized carbons (Fsp3) is 0.538. The second-order valence-corrected chi connectivity index (χ2v) is 5.51. The average Bonchev–Trinajstić information content (AvgIpc) is 2.94. The summed E-state index contributed by atoms with van der Waals surface area (Å²) in [7, 11) is 0. The van der Waals surface area contributed by atoms with E-state index < -0.39 is 5.82 Å². The molecule has 98 valence electrons. The first-order valence-corrected chi connectivity index (χ1v) is 6.65. The van der Waals surface area contributed by atoms with Gasteiger partial charge < -0.3 is 15.8 Å². The Morgan fingerprint density at radius 3 is 2.94 bits per heavy atom. The van der Waals surface area contributed by atoms with E-state index in [1.54, 1.807) is 0 Å². The molecule has 2 bridgehead atoms. The number of nitrogens with two attached hydrogens (primary N) is 1. The summed E-state index contributed by atoms with van der Waals surface area (Å²) in [5.74, 6) is 0.0550. The highest BCUT2D eigenvalue weighted by molar-refractivity contribution is 6.31. The van der Waals surface area contributed by atoms with Gasteiger partial charge in [-0.25, -0.2) is 4.39 Å². The van der Waals surface area contributed by atoms with E-state index >= 15 is 0 Å². The monoisotopic (exact) mass is 270 g/mol. The SMILES string of the molecule is Nc1cc(Cl)c(F)cc1NCC1CC2CCC1O2. The predicted octanol–water partition coefficient (Wildman–Crippen LogP) is 3.04. The molecule has 2 heterocycles. The van der Waals surface area contributed by atoms with Gasteiger partial charge in [0.15, 0.2) is 0 Å². The van der Waals surface area contributed by atoms with Crippen molar-refractivity contribution in [2.24, 2.45) is 5.92 Å². The van der Waals surface area contributed by atoms with Crippen LogP contribution in [0.4, 0.5) is 15.8 Å². The standard InChI is InChI=1S/C13H16ClFN2O/c14-9-4-11(16)12(5-10(9)15)17-6-7-3-8-1-2-13(7)18-8/h4-5,7-8,13,17H,1-3,6,16H2. The number of nitrogen functional groups attached to an aromatic ring is 1. The van der Waals surface area contributed by atoms with E-state index in [1.165, 1.54) is 18.6 Å². The van der Waals surface area contributed by atoms with Gasteiger partial charge in [0, 0.05) is 18.5 Å². The van der Waals surface area contributed by atoms with Crippen LogP contribution in [0.15, 0.2) is 12.1 Å². The van der Waals surface area contributed by atoms with Crippen LogP contribution in [-0.4, -0.2) is 18.8 Å². The molecule has 3 nitrogen and oxygen atoms in total. The molecular weight excluding hydrogens is 255 g/mol. The van der Waals surface area contributed by atoms with Crippen molar-refractivity contribution in [3.05, 3.63) is 23.0 Å². The van der Waals surface area contributed by atoms with E-state index in [0.29, 0.717) is 29.5 Å². The summed E-state index contributed by atoms with van der Waals surface area (Å²) < 4.78 is 19.1. The highest BCUT2D eigenvalue weighted by Crippen LogP contribution is 2.39. The maximum Gasteiger partial charge on any atom is 0.143 e. The topological polar surface area (TPSA) is 47.3 Å². The Morgan fingerprint density at radius 2 is 2.28 bits per heavy atom. The van der Waals surface area contributed by atoms with Crippen molar-refractivity contribution in [1.29, 1.82) is 0 Å². The van der Waals surface area contributed by atoms with Crippen LogP contribution in [0.1, 0.15) is 19.3 Å². The lowest BCUT2D eigenvalue weighted by atomic mass is 9.89. The van der Waals surface area contributed by atoms with Crippen LogP contribution >= 0.6 is 11.6 Å². The Balaban J connectivity index is 1.65. The highest BCUT2D eigenvalue weighted by atomic mass is 35.5. The Kier molecular flexibility index (Phi) is 3.08. The van der Waals surface area contributed by atoms with Gasteiger partial charge in [-0.15, -0.1) is 0 Å². The van der Waals surface area contributed by atoms with Gasteiger partial charge in [-0.05, 0) is 25.3 Å². The number of hydrogen-bond donors (Lipinski definition) is 2. The van der Waals surface area contributed by atoms with Gasteiger partial charge in [-0.2, -0.15) is 0 Å². The largest absolute Gasteiger partial charge is 0.397 e. The summed E-state index contributed by atoms with van der Waals surface area (Å²) in [4.78, 5) is 0. The van der Waals surface area contributed by atoms with Crippen LogP contribution in [0.5, 0.6) is 0 Å². The Morgan fingerprint density at radius 1 is 1.44 bits per heavy atom. The first-order chi connectivity index (χ1) is 8.63. The second-order valence-electron chi connectivity index (χ2n) is 5.10. The van der Waals surface area contributed by atoms with Gasteiger partial charge in [-0.1, -0.05) is 11.6 Å². The van der Waals surface area contributed by atoms with Crippen molar-refractivity contribution >= 4 is 23.0 Å². The Hall–Kier alpha value is -1.00. The predicted molar refractivity (Wildman–Crippen MR) is 70.3 cm³/mol. The zero-order chi connectivity index (χ0) is 12.7. The molecule has 3 rings (SSSR count). The van der Waals surface area contributed by atoms with Crippen LogP contribution in [0.25, 0.3) is 0 Å². The third-order valence-electron chi connectivity index (χ3n) is 3.88. The van der Waals surface area contributed by atoms with Gasteiger partial charge >= 0.3 is 0 Å². The fourth-order valence-electron chi connectivity index (χ4n) is 2.91. The first kappa shape index (κ1) is 12.1. The average molecular weight is 271 g/mol. The van der Waals surface area contributed by atoms with Crippen LogP contribution in [0, 0.1) is 11.7 Å². The molecule has 0 aliphatic carbocycles. The summed E-state index contributed by atoms with van der Waals surface area (Å²) in [6.45, 7) is 0.770. The normalized spacial score (nSPS) is 29.8. The lowest BCUT2D eigenvalue weighted by molar-refractivity contribution is 0.0942. The molecule has 3 atom stereocenters. The van der Waals surface area contributed by atoms with E-state index in [2.05, 4.69) is 5.32 Å². The van der Waals surface area contributed by atoms with Gasteiger partial charge in [0.1, 0.15) is 5.82 Å². The smallest absolute Gasteiger partial charge is 0.143 e. The van der Waals surface area contributed by atoms with Gasteiger partial charge in [0.2, 0.25) is 0 Å². The van der Waals surface area contributed by atoms with E-state index in [1.807, 2.05) is 0 Å². The fourth-order valence-corrected chi connectivity index (χ4v) is 3.09. The zero-order valence-electron chi connectivity index (χ0n) is 9.96. The lowest BCUT2D eigenvalue weighted by Gasteiger charge is -2.20. The molecule has 5 heteroatoms. The van der Waals surface area contributed by atoms with E-state index in [0.717, 1.165) is 19.4 Å². The number of rotatable bonds is 3. The van der Waals surface area contributed by atoms with Gasteiger partial charge in [-0.3, -0.25) is 0 Å². The summed E-state index contributed by atoms with van der Waals surface area (Å²) in [5, 5.41) is 3.26. The molecular formula is C13H16ClFN2O. The number of ether oxygens (including phenoxy) is 1. The van der Waals surface area contributed by atoms with Crippen LogP contribution < -0.4 is 11.1 Å². The Labute approximate surface area is 110 Å². The van der Waals surface area contributed by atoms with Crippen molar-refractivity contribution in [3.63, 3.8) is 0 Å². The molecule has 1 aromatic carbocycles. The molecule has 2 aliphatic rings. The van der Waals surface area contributed by atoms with Crippen molar-refractivity contribution in [2.45, 2.75) is 31.5 Å². The van der Waals surface area contributed by atoms with Crippen LogP contribution in [-0.2, 0) is 4.74 Å². The maximum atomic E-state index is 13.4. The molecule has 2 aliphatic heterocycles. The molecule has 0 radical (unpaired) electrons. The van der Waals surface area contributed by atoms with E-state index in [4.69, 9.17) is 22.1 Å². The quantitative estimate of drug-likeness (QED) is 0.830. The highest BCUT2D eigenvalue weighted by Gasteiger charge is 2.40. The maximum absolute atomic E-state index is 13.4. The number of anilines is 2. The third kappa shape index (κ3) is 2.15. The second kappa shape index (κ2) is 4.59. The molecule has 0 amide bonds. The minimum absolute atomic E-state index is 0.0568. The molecule has 0 spiro atoms. The van der Waals surface area contributed by atoms with Crippen molar-refractivity contribution in [3.8, 4) is 0 Å². The first-order valence-electron chi connectivity index (χ1n) is 6.27. The number of benzene rings is 1. The lowest BCUT2D eigenvalue weighted by Crippen LogP contribution is -2.24. The molecule has 2 saturated heterocycles. The molecule has 0 aromatic heterocycles. The number of nitrogens with one attached hydrogen (secondary N) is 1. The molecule has 1 aromatic rings. The number of hydrogen-bond acceptors (Lipinski definition) is 3. The summed E-state index contributed by atoms with van der Waals surface area (Å²) in [6, 6.07) is 2.79. The summed E-state index contributed by atoms with van der Waals surface area (Å²) in [5.41, 5.74) is 6.89. The van der Waals surface area contributed by atoms with Crippen LogP contribution in [0.3, 0.4) is 0 Å². The number of halogens is 2. The van der Waals surface area contributed by atoms with Crippen LogP contribution in [0.2, 0.25) is 5.02 Å². The zero-order valence-corrected chi connectivity index (χ0v) is 10.7. The minimum Gasteiger partial charge on any atom is -0.397 e.